The minimum atomic E-state index is 0.561. The van der Waals surface area contributed by atoms with E-state index >= 15 is 0 Å². The topological polar surface area (TPSA) is 52.0 Å². The zero-order valence-electron chi connectivity index (χ0n) is 9.86. The fourth-order valence-electron chi connectivity index (χ4n) is 1.94. The Hall–Kier alpha value is -1.35. The van der Waals surface area contributed by atoms with Crippen molar-refractivity contribution in [2.24, 2.45) is 11.7 Å². The molecule has 86 valence electrons. The minimum Gasteiger partial charge on any atom is -0.441 e. The fourth-order valence-corrected chi connectivity index (χ4v) is 1.94. The normalized spacial score (nSPS) is 13.2. The number of fused-ring (bicyclic) bond motifs is 1. The third kappa shape index (κ3) is 2.25. The van der Waals surface area contributed by atoms with Crippen LogP contribution in [0.1, 0.15) is 24.8 Å². The summed E-state index contributed by atoms with van der Waals surface area (Å²) in [6, 6.07) is 6.20. The van der Waals surface area contributed by atoms with Crippen molar-refractivity contribution in [3.63, 3.8) is 0 Å². The van der Waals surface area contributed by atoms with Gasteiger partial charge in [-0.1, -0.05) is 19.4 Å². The molecule has 0 saturated heterocycles. The number of rotatable bonds is 4. The third-order valence-corrected chi connectivity index (χ3v) is 2.99. The number of aryl methyl sites for hydroxylation is 1. The first-order valence-electron chi connectivity index (χ1n) is 5.79. The van der Waals surface area contributed by atoms with E-state index in [1.165, 1.54) is 5.56 Å². The maximum absolute atomic E-state index is 5.71. The molecule has 1 aromatic carbocycles. The molecule has 1 aromatic heterocycles. The van der Waals surface area contributed by atoms with Crippen LogP contribution >= 0.6 is 0 Å². The molecule has 16 heavy (non-hydrogen) atoms. The molecule has 0 aliphatic rings. The van der Waals surface area contributed by atoms with Gasteiger partial charge in [0.25, 0.3) is 0 Å². The summed E-state index contributed by atoms with van der Waals surface area (Å²) >= 11 is 0. The zero-order chi connectivity index (χ0) is 11.5. The maximum atomic E-state index is 5.71. The minimum absolute atomic E-state index is 0.561. The van der Waals surface area contributed by atoms with E-state index in [0.29, 0.717) is 5.92 Å². The van der Waals surface area contributed by atoms with E-state index < -0.39 is 0 Å². The molecular weight excluding hydrogens is 200 g/mol. The highest BCUT2D eigenvalue weighted by molar-refractivity contribution is 5.73. The van der Waals surface area contributed by atoms with E-state index in [1.54, 1.807) is 0 Å². The Morgan fingerprint density at radius 2 is 2.25 bits per heavy atom. The van der Waals surface area contributed by atoms with E-state index in [4.69, 9.17) is 10.2 Å². The molecule has 2 aromatic rings. The standard InChI is InChI=1S/C13H18N2O/c1-3-10(8-14)6-11-4-5-13-12(7-11)15-9(2)16-13/h4-5,7,10H,3,6,8,14H2,1-2H3. The monoisotopic (exact) mass is 218 g/mol. The van der Waals surface area contributed by atoms with Crippen molar-refractivity contribution in [3.05, 3.63) is 29.7 Å². The molecule has 3 nitrogen and oxygen atoms in total. The lowest BCUT2D eigenvalue weighted by Gasteiger charge is -2.11. The van der Waals surface area contributed by atoms with Crippen LogP contribution in [0.3, 0.4) is 0 Å². The number of hydrogen-bond acceptors (Lipinski definition) is 3. The summed E-state index contributed by atoms with van der Waals surface area (Å²) in [5.41, 5.74) is 8.81. The molecule has 2 N–H and O–H groups in total. The van der Waals surface area contributed by atoms with Gasteiger partial charge in [-0.3, -0.25) is 0 Å². The van der Waals surface area contributed by atoms with E-state index in [9.17, 15) is 0 Å². The largest absolute Gasteiger partial charge is 0.441 e. The van der Waals surface area contributed by atoms with Gasteiger partial charge in [0.15, 0.2) is 11.5 Å². The second kappa shape index (κ2) is 4.66. The highest BCUT2D eigenvalue weighted by Crippen LogP contribution is 2.19. The Morgan fingerprint density at radius 3 is 2.94 bits per heavy atom. The van der Waals surface area contributed by atoms with Crippen molar-refractivity contribution >= 4 is 11.1 Å². The van der Waals surface area contributed by atoms with Crippen LogP contribution in [0, 0.1) is 12.8 Å². The summed E-state index contributed by atoms with van der Waals surface area (Å²) in [6.07, 6.45) is 2.14. The van der Waals surface area contributed by atoms with Crippen LogP contribution in [0.15, 0.2) is 22.6 Å². The Morgan fingerprint density at radius 1 is 1.44 bits per heavy atom. The summed E-state index contributed by atoms with van der Waals surface area (Å²) in [7, 11) is 0. The average Bonchev–Trinajstić information content (AvgIpc) is 2.65. The highest BCUT2D eigenvalue weighted by Gasteiger charge is 2.07. The molecule has 0 amide bonds. The van der Waals surface area contributed by atoms with Crippen LogP contribution in [-0.4, -0.2) is 11.5 Å². The lowest BCUT2D eigenvalue weighted by atomic mass is 9.97. The van der Waals surface area contributed by atoms with Crippen LogP contribution in [0.5, 0.6) is 0 Å². The van der Waals surface area contributed by atoms with Gasteiger partial charge in [0.1, 0.15) is 5.52 Å². The van der Waals surface area contributed by atoms with Gasteiger partial charge in [-0.25, -0.2) is 4.98 Å². The van der Waals surface area contributed by atoms with E-state index in [2.05, 4.69) is 24.0 Å². The summed E-state index contributed by atoms with van der Waals surface area (Å²) in [5, 5.41) is 0. The first-order chi connectivity index (χ1) is 7.72. The average molecular weight is 218 g/mol. The summed E-state index contributed by atoms with van der Waals surface area (Å²) < 4.78 is 5.44. The van der Waals surface area contributed by atoms with Crippen molar-refractivity contribution in [2.75, 3.05) is 6.54 Å². The van der Waals surface area contributed by atoms with Gasteiger partial charge in [-0.05, 0) is 36.6 Å². The van der Waals surface area contributed by atoms with Gasteiger partial charge >= 0.3 is 0 Å². The van der Waals surface area contributed by atoms with Gasteiger partial charge in [0, 0.05) is 6.92 Å². The van der Waals surface area contributed by atoms with E-state index in [1.807, 2.05) is 13.0 Å². The molecule has 0 aliphatic carbocycles. The van der Waals surface area contributed by atoms with Crippen molar-refractivity contribution < 1.29 is 4.42 Å². The van der Waals surface area contributed by atoms with Crippen molar-refractivity contribution in [3.8, 4) is 0 Å². The molecule has 0 spiro atoms. The lowest BCUT2D eigenvalue weighted by Crippen LogP contribution is -2.15. The van der Waals surface area contributed by atoms with E-state index in [-0.39, 0.29) is 0 Å². The molecular formula is C13H18N2O. The molecule has 1 heterocycles. The molecule has 0 fully saturated rings. The van der Waals surface area contributed by atoms with Gasteiger partial charge in [0.05, 0.1) is 0 Å². The molecule has 3 heteroatoms. The molecule has 1 unspecified atom stereocenters. The summed E-state index contributed by atoms with van der Waals surface area (Å²) in [6.45, 7) is 4.79. The number of nitrogens with two attached hydrogens (primary N) is 1. The number of benzene rings is 1. The van der Waals surface area contributed by atoms with Gasteiger partial charge in [-0.2, -0.15) is 0 Å². The molecule has 1 atom stereocenters. The molecule has 0 bridgehead atoms. The molecule has 0 saturated carbocycles. The molecule has 0 aliphatic heterocycles. The van der Waals surface area contributed by atoms with Crippen molar-refractivity contribution in [1.82, 2.24) is 4.98 Å². The quantitative estimate of drug-likeness (QED) is 0.858. The predicted octanol–water partition coefficient (Wildman–Crippen LogP) is 2.66. The SMILES string of the molecule is CCC(CN)Cc1ccc2oc(C)nc2c1. The smallest absolute Gasteiger partial charge is 0.192 e. The zero-order valence-corrected chi connectivity index (χ0v) is 9.86. The van der Waals surface area contributed by atoms with Crippen LogP contribution in [0.25, 0.3) is 11.1 Å². The number of hydrogen-bond donors (Lipinski definition) is 1. The van der Waals surface area contributed by atoms with Gasteiger partial charge in [0.2, 0.25) is 0 Å². The Kier molecular flexibility index (Phi) is 3.25. The summed E-state index contributed by atoms with van der Waals surface area (Å²) in [4.78, 5) is 4.33. The number of oxazole rings is 1. The second-order valence-corrected chi connectivity index (χ2v) is 4.25. The first-order valence-corrected chi connectivity index (χ1v) is 5.79. The van der Waals surface area contributed by atoms with Crippen molar-refractivity contribution in [1.29, 1.82) is 0 Å². The van der Waals surface area contributed by atoms with Crippen LogP contribution in [-0.2, 0) is 6.42 Å². The van der Waals surface area contributed by atoms with E-state index in [0.717, 1.165) is 36.4 Å². The van der Waals surface area contributed by atoms with Crippen LogP contribution < -0.4 is 5.73 Å². The van der Waals surface area contributed by atoms with Gasteiger partial charge < -0.3 is 10.2 Å². The number of nitrogens with zero attached hydrogens (tertiary/aromatic N) is 1. The second-order valence-electron chi connectivity index (χ2n) is 4.25. The molecule has 0 radical (unpaired) electrons. The maximum Gasteiger partial charge on any atom is 0.192 e. The van der Waals surface area contributed by atoms with Crippen molar-refractivity contribution in [2.45, 2.75) is 26.7 Å². The number of aromatic nitrogens is 1. The predicted molar refractivity (Wildman–Crippen MR) is 65.3 cm³/mol. The Labute approximate surface area is 95.7 Å². The first kappa shape index (κ1) is 11.1. The summed E-state index contributed by atoms with van der Waals surface area (Å²) in [5.74, 6) is 1.28. The third-order valence-electron chi connectivity index (χ3n) is 2.99. The molecule has 2 rings (SSSR count). The Bertz CT molecular complexity index is 472. The Balaban J connectivity index is 2.24. The lowest BCUT2D eigenvalue weighted by molar-refractivity contribution is 0.519. The van der Waals surface area contributed by atoms with Crippen LogP contribution in [0.4, 0.5) is 0 Å². The highest BCUT2D eigenvalue weighted by atomic mass is 16.3. The van der Waals surface area contributed by atoms with Gasteiger partial charge in [-0.15, -0.1) is 0 Å². The fraction of sp³-hybridized carbons (Fsp3) is 0.462. The van der Waals surface area contributed by atoms with Crippen LogP contribution in [0.2, 0.25) is 0 Å².